The van der Waals surface area contributed by atoms with Gasteiger partial charge < -0.3 is 24.3 Å². The van der Waals surface area contributed by atoms with Crippen LogP contribution in [0.3, 0.4) is 0 Å². The molecule has 2 amide bonds. The van der Waals surface area contributed by atoms with Gasteiger partial charge in [0, 0.05) is 55.0 Å². The molecule has 1 heterocycles. The van der Waals surface area contributed by atoms with Crippen molar-refractivity contribution in [2.45, 2.75) is 19.9 Å². The molecule has 0 fully saturated rings. The lowest BCUT2D eigenvalue weighted by molar-refractivity contribution is -0.132. The van der Waals surface area contributed by atoms with Gasteiger partial charge in [0.15, 0.2) is 0 Å². The zero-order chi connectivity index (χ0) is 26.9. The Morgan fingerprint density at radius 1 is 0.842 bits per heavy atom. The summed E-state index contributed by atoms with van der Waals surface area (Å²) in [7, 11) is 3.22. The number of hydrogen-bond donors (Lipinski definition) is 1. The largest absolute Gasteiger partial charge is 0.496 e. The predicted molar refractivity (Wildman–Crippen MR) is 149 cm³/mol. The van der Waals surface area contributed by atoms with Crippen LogP contribution in [0.5, 0.6) is 5.75 Å². The van der Waals surface area contributed by atoms with Gasteiger partial charge in [0.05, 0.1) is 13.7 Å². The number of fused-ring (bicyclic) bond motifs is 1. The maximum Gasteiger partial charge on any atom is 0.254 e. The number of benzene rings is 3. The Hall–Kier alpha value is -4.10. The van der Waals surface area contributed by atoms with Gasteiger partial charge in [-0.15, -0.1) is 0 Å². The summed E-state index contributed by atoms with van der Waals surface area (Å²) >= 11 is 0. The fraction of sp³-hybridized carbons (Fsp3) is 0.290. The number of hydrogen-bond acceptors (Lipinski definition) is 4. The Morgan fingerprint density at radius 2 is 1.58 bits per heavy atom. The van der Waals surface area contributed by atoms with E-state index >= 15 is 0 Å². The van der Waals surface area contributed by atoms with Gasteiger partial charge >= 0.3 is 0 Å². The van der Waals surface area contributed by atoms with Crippen molar-refractivity contribution in [2.24, 2.45) is 0 Å². The zero-order valence-electron chi connectivity index (χ0n) is 22.3. The molecule has 7 nitrogen and oxygen atoms in total. The van der Waals surface area contributed by atoms with Crippen LogP contribution in [-0.4, -0.2) is 67.1 Å². The molecule has 4 rings (SSSR count). The van der Waals surface area contributed by atoms with Crippen molar-refractivity contribution in [3.05, 3.63) is 101 Å². The van der Waals surface area contributed by atoms with E-state index in [2.05, 4.69) is 11.1 Å². The van der Waals surface area contributed by atoms with Crippen molar-refractivity contribution in [3.8, 4) is 5.75 Å². The molecule has 0 bridgehead atoms. The Bertz CT molecular complexity index is 1380. The quantitative estimate of drug-likeness (QED) is 0.294. The first kappa shape index (κ1) is 26.9. The molecule has 0 radical (unpaired) electrons. The van der Waals surface area contributed by atoms with Crippen molar-refractivity contribution >= 4 is 22.7 Å². The number of amides is 2. The number of nitrogens with zero attached hydrogens (tertiary/aromatic N) is 2. The summed E-state index contributed by atoms with van der Waals surface area (Å²) in [6, 6.07) is 23.3. The highest BCUT2D eigenvalue weighted by atomic mass is 16.5. The van der Waals surface area contributed by atoms with Gasteiger partial charge in [-0.05, 0) is 42.7 Å². The van der Waals surface area contributed by atoms with Crippen molar-refractivity contribution in [2.75, 3.05) is 40.5 Å². The Labute approximate surface area is 224 Å². The summed E-state index contributed by atoms with van der Waals surface area (Å²) in [5.41, 5.74) is 4.59. The number of nitrogens with one attached hydrogen (secondary N) is 1. The van der Waals surface area contributed by atoms with Crippen molar-refractivity contribution in [1.29, 1.82) is 0 Å². The van der Waals surface area contributed by atoms with Gasteiger partial charge in [0.25, 0.3) is 5.91 Å². The third kappa shape index (κ3) is 6.42. The number of carbonyl (C=O) groups is 2. The van der Waals surface area contributed by atoms with E-state index in [1.54, 1.807) is 25.2 Å². The smallest absolute Gasteiger partial charge is 0.254 e. The molecule has 198 valence electrons. The zero-order valence-corrected chi connectivity index (χ0v) is 22.3. The van der Waals surface area contributed by atoms with E-state index < -0.39 is 0 Å². The van der Waals surface area contributed by atoms with E-state index in [1.807, 2.05) is 78.7 Å². The number of aryl methyl sites for hydroxylation is 1. The van der Waals surface area contributed by atoms with Crippen LogP contribution in [0.4, 0.5) is 0 Å². The SMILES string of the molecule is COCCN(CC(=O)N(CCc1c[nH]c2ccccc12)Cc1ccccc1OC)C(=O)c1ccccc1C. The number of methoxy groups -OCH3 is 2. The molecule has 0 saturated heterocycles. The van der Waals surface area contributed by atoms with Crippen LogP contribution in [0.25, 0.3) is 10.9 Å². The second-order valence-electron chi connectivity index (χ2n) is 9.27. The van der Waals surface area contributed by atoms with E-state index in [1.165, 1.54) is 0 Å². The van der Waals surface area contributed by atoms with Gasteiger partial charge in [0.1, 0.15) is 12.3 Å². The van der Waals surface area contributed by atoms with E-state index in [4.69, 9.17) is 9.47 Å². The highest BCUT2D eigenvalue weighted by molar-refractivity contribution is 5.97. The number of para-hydroxylation sites is 2. The second kappa shape index (κ2) is 12.9. The van der Waals surface area contributed by atoms with Crippen LogP contribution in [0, 0.1) is 6.92 Å². The maximum absolute atomic E-state index is 13.8. The Kier molecular flexibility index (Phi) is 9.16. The molecule has 7 heteroatoms. The molecule has 0 aliphatic carbocycles. The molecule has 0 unspecified atom stereocenters. The molecule has 3 aromatic carbocycles. The number of H-pyrrole nitrogens is 1. The molecule has 4 aromatic rings. The highest BCUT2D eigenvalue weighted by Gasteiger charge is 2.24. The lowest BCUT2D eigenvalue weighted by Gasteiger charge is -2.28. The summed E-state index contributed by atoms with van der Waals surface area (Å²) in [6.07, 6.45) is 2.68. The topological polar surface area (TPSA) is 74.9 Å². The minimum Gasteiger partial charge on any atom is -0.496 e. The van der Waals surface area contributed by atoms with Crippen LogP contribution in [-0.2, 0) is 22.5 Å². The average Bonchev–Trinajstić information content (AvgIpc) is 3.36. The predicted octanol–water partition coefficient (Wildman–Crippen LogP) is 4.85. The normalized spacial score (nSPS) is 10.9. The van der Waals surface area contributed by atoms with Crippen LogP contribution < -0.4 is 4.74 Å². The molecule has 0 spiro atoms. The number of ether oxygens (including phenoxy) is 2. The van der Waals surface area contributed by atoms with E-state index in [0.717, 1.165) is 33.3 Å². The van der Waals surface area contributed by atoms with E-state index in [9.17, 15) is 9.59 Å². The lowest BCUT2D eigenvalue weighted by atomic mass is 10.1. The molecular formula is C31H35N3O4. The third-order valence-corrected chi connectivity index (χ3v) is 6.79. The van der Waals surface area contributed by atoms with Gasteiger partial charge in [-0.2, -0.15) is 0 Å². The maximum atomic E-state index is 13.8. The third-order valence-electron chi connectivity index (χ3n) is 6.79. The summed E-state index contributed by atoms with van der Waals surface area (Å²) in [4.78, 5) is 34.0. The van der Waals surface area contributed by atoms with E-state index in [0.29, 0.717) is 38.2 Å². The van der Waals surface area contributed by atoms with Crippen LogP contribution in [0.1, 0.15) is 27.0 Å². The molecule has 38 heavy (non-hydrogen) atoms. The fourth-order valence-electron chi connectivity index (χ4n) is 4.63. The van der Waals surface area contributed by atoms with Crippen molar-refractivity contribution in [3.63, 3.8) is 0 Å². The average molecular weight is 514 g/mol. The summed E-state index contributed by atoms with van der Waals surface area (Å²) < 4.78 is 10.8. The van der Waals surface area contributed by atoms with Crippen molar-refractivity contribution in [1.82, 2.24) is 14.8 Å². The van der Waals surface area contributed by atoms with Crippen LogP contribution in [0.2, 0.25) is 0 Å². The van der Waals surface area contributed by atoms with Gasteiger partial charge in [-0.3, -0.25) is 9.59 Å². The molecule has 0 aliphatic rings. The standard InChI is InChI=1S/C31H35N3O4/c1-23-10-4-6-12-26(23)31(36)34(18-19-37-2)22-30(35)33(21-25-11-5-9-15-29(25)38-3)17-16-24-20-32-28-14-8-7-13-27(24)28/h4-15,20,32H,16-19,21-22H2,1-3H3. The van der Waals surface area contributed by atoms with Crippen LogP contribution in [0.15, 0.2) is 79.0 Å². The van der Waals surface area contributed by atoms with Gasteiger partial charge in [-0.1, -0.05) is 54.6 Å². The van der Waals surface area contributed by atoms with Gasteiger partial charge in [0.2, 0.25) is 5.91 Å². The van der Waals surface area contributed by atoms with Gasteiger partial charge in [-0.25, -0.2) is 0 Å². The number of carbonyl (C=O) groups excluding carboxylic acids is 2. The molecule has 1 N–H and O–H groups in total. The molecule has 0 saturated carbocycles. The second-order valence-corrected chi connectivity index (χ2v) is 9.27. The first-order valence-corrected chi connectivity index (χ1v) is 12.8. The molecule has 0 atom stereocenters. The number of rotatable bonds is 12. The highest BCUT2D eigenvalue weighted by Crippen LogP contribution is 2.22. The van der Waals surface area contributed by atoms with Crippen LogP contribution >= 0.6 is 0 Å². The minimum atomic E-state index is -0.178. The molecule has 1 aromatic heterocycles. The first-order chi connectivity index (χ1) is 18.5. The fourth-order valence-corrected chi connectivity index (χ4v) is 4.63. The Morgan fingerprint density at radius 3 is 2.37 bits per heavy atom. The van der Waals surface area contributed by atoms with E-state index in [-0.39, 0.29) is 18.4 Å². The summed E-state index contributed by atoms with van der Waals surface area (Å²) in [5.74, 6) is 0.417. The number of aromatic nitrogens is 1. The summed E-state index contributed by atoms with van der Waals surface area (Å²) in [5, 5.41) is 1.15. The monoisotopic (exact) mass is 513 g/mol. The minimum absolute atomic E-state index is 0.0421. The first-order valence-electron chi connectivity index (χ1n) is 12.8. The molecular weight excluding hydrogens is 478 g/mol. The van der Waals surface area contributed by atoms with Crippen molar-refractivity contribution < 1.29 is 19.1 Å². The lowest BCUT2D eigenvalue weighted by Crippen LogP contribution is -2.44. The Balaban J connectivity index is 1.58. The number of aromatic amines is 1. The molecule has 0 aliphatic heterocycles. The summed E-state index contributed by atoms with van der Waals surface area (Å²) in [6.45, 7) is 3.39.